The predicted octanol–water partition coefficient (Wildman–Crippen LogP) is 3.05. The number of nitrogen functional groups attached to an aromatic ring is 1. The van der Waals surface area contributed by atoms with E-state index in [2.05, 4.69) is 15.9 Å². The van der Waals surface area contributed by atoms with E-state index in [1.54, 1.807) is 0 Å². The molecule has 0 aliphatic carbocycles. The molecule has 0 saturated carbocycles. The molecule has 8 heteroatoms. The average molecular weight is 379 g/mol. The average Bonchev–Trinajstić information content (AvgIpc) is 2.74. The molecule has 1 aromatic heterocycles. The lowest BCUT2D eigenvalue weighted by molar-refractivity contribution is 0.467. The number of hydrogen-bond acceptors (Lipinski definition) is 4. The molecule has 0 radical (unpaired) electrons. The Morgan fingerprint density at radius 2 is 2.10 bits per heavy atom. The highest BCUT2D eigenvalue weighted by atomic mass is 79.9. The first-order valence-corrected chi connectivity index (χ1v) is 8.66. The molecule has 0 unspecified atom stereocenters. The van der Waals surface area contributed by atoms with Gasteiger partial charge in [0, 0.05) is 13.6 Å². The Morgan fingerprint density at radius 3 is 2.65 bits per heavy atom. The van der Waals surface area contributed by atoms with Crippen LogP contribution in [0.25, 0.3) is 0 Å². The van der Waals surface area contributed by atoms with E-state index in [0.717, 1.165) is 21.5 Å². The van der Waals surface area contributed by atoms with Gasteiger partial charge in [0.05, 0.1) is 9.47 Å². The minimum Gasteiger partial charge on any atom is -0.398 e. The molecule has 2 rings (SSSR count). The number of hydrogen-bond donors (Lipinski definition) is 1. The monoisotopic (exact) mass is 378 g/mol. The van der Waals surface area contributed by atoms with Crippen LogP contribution in [-0.4, -0.2) is 19.8 Å². The quantitative estimate of drug-likeness (QED) is 0.831. The summed E-state index contributed by atoms with van der Waals surface area (Å²) >= 11 is 4.80. The van der Waals surface area contributed by atoms with E-state index in [4.69, 9.17) is 5.73 Å². The topological polar surface area (TPSA) is 63.4 Å². The summed E-state index contributed by atoms with van der Waals surface area (Å²) in [5, 5.41) is 1.87. The molecule has 0 amide bonds. The Kier molecular flexibility index (Phi) is 4.48. The molecule has 1 heterocycles. The van der Waals surface area contributed by atoms with Gasteiger partial charge >= 0.3 is 0 Å². The second-order valence-electron chi connectivity index (χ2n) is 4.20. The predicted molar refractivity (Wildman–Crippen MR) is 81.5 cm³/mol. The molecule has 0 aliphatic heterocycles. The number of sulfonamides is 1. The van der Waals surface area contributed by atoms with Crippen molar-refractivity contribution in [3.8, 4) is 0 Å². The van der Waals surface area contributed by atoms with Gasteiger partial charge in [-0.3, -0.25) is 0 Å². The standard InChI is InChI=1S/C12H12BrFN2O2S2/c1-16(6-8-4-12(13)19-7-8)20(17,18)11-3-2-9(14)5-10(11)15/h2-5,7H,6,15H2,1H3. The molecule has 0 fully saturated rings. The third-order valence-electron chi connectivity index (χ3n) is 2.69. The van der Waals surface area contributed by atoms with Crippen LogP contribution >= 0.6 is 27.3 Å². The van der Waals surface area contributed by atoms with Crippen molar-refractivity contribution in [2.24, 2.45) is 0 Å². The number of benzene rings is 1. The van der Waals surface area contributed by atoms with E-state index in [9.17, 15) is 12.8 Å². The fourth-order valence-corrected chi connectivity index (χ4v) is 4.14. The molecule has 0 aliphatic rings. The van der Waals surface area contributed by atoms with Crippen LogP contribution in [0.1, 0.15) is 5.56 Å². The molecular formula is C12H12BrFN2O2S2. The third-order valence-corrected chi connectivity index (χ3v) is 6.12. The highest BCUT2D eigenvalue weighted by Gasteiger charge is 2.23. The summed E-state index contributed by atoms with van der Waals surface area (Å²) in [4.78, 5) is -0.0873. The fourth-order valence-electron chi connectivity index (χ4n) is 1.69. The van der Waals surface area contributed by atoms with E-state index in [0.29, 0.717) is 0 Å². The molecule has 2 N–H and O–H groups in total. The van der Waals surface area contributed by atoms with Crippen LogP contribution in [0.3, 0.4) is 0 Å². The maximum atomic E-state index is 13.0. The normalized spacial score (nSPS) is 12.0. The van der Waals surface area contributed by atoms with Gasteiger partial charge in [-0.2, -0.15) is 4.31 Å². The zero-order valence-corrected chi connectivity index (χ0v) is 13.7. The molecule has 0 bridgehead atoms. The van der Waals surface area contributed by atoms with Crippen molar-refractivity contribution in [1.82, 2.24) is 4.31 Å². The zero-order chi connectivity index (χ0) is 14.9. The first-order valence-electron chi connectivity index (χ1n) is 5.55. The van der Waals surface area contributed by atoms with Crippen LogP contribution in [0.2, 0.25) is 0 Å². The first-order chi connectivity index (χ1) is 9.30. The van der Waals surface area contributed by atoms with Gasteiger partial charge in [0.15, 0.2) is 0 Å². The summed E-state index contributed by atoms with van der Waals surface area (Å²) in [5.74, 6) is -0.564. The highest BCUT2D eigenvalue weighted by Crippen LogP contribution is 2.26. The van der Waals surface area contributed by atoms with Gasteiger partial charge < -0.3 is 5.73 Å². The lowest BCUT2D eigenvalue weighted by atomic mass is 10.3. The van der Waals surface area contributed by atoms with Gasteiger partial charge in [0.25, 0.3) is 0 Å². The Balaban J connectivity index is 2.29. The zero-order valence-electron chi connectivity index (χ0n) is 10.5. The Hall–Kier alpha value is -0.960. The lowest BCUT2D eigenvalue weighted by Gasteiger charge is -2.17. The number of thiophene rings is 1. The number of rotatable bonds is 4. The summed E-state index contributed by atoms with van der Waals surface area (Å²) in [6.07, 6.45) is 0. The largest absolute Gasteiger partial charge is 0.398 e. The van der Waals surface area contributed by atoms with Crippen molar-refractivity contribution in [3.63, 3.8) is 0 Å². The van der Waals surface area contributed by atoms with Crippen molar-refractivity contribution < 1.29 is 12.8 Å². The first kappa shape index (κ1) is 15.4. The summed E-state index contributed by atoms with van der Waals surface area (Å²) in [6, 6.07) is 5.12. The van der Waals surface area contributed by atoms with Crippen LogP contribution in [-0.2, 0) is 16.6 Å². The van der Waals surface area contributed by atoms with E-state index in [1.807, 2.05) is 11.4 Å². The van der Waals surface area contributed by atoms with E-state index in [-0.39, 0.29) is 17.1 Å². The molecule has 2 aromatic rings. The molecular weight excluding hydrogens is 367 g/mol. The molecule has 0 saturated heterocycles. The molecule has 1 aromatic carbocycles. The van der Waals surface area contributed by atoms with Gasteiger partial charge in [-0.05, 0) is 51.1 Å². The summed E-state index contributed by atoms with van der Waals surface area (Å²) in [5.41, 5.74) is 6.37. The van der Waals surface area contributed by atoms with Crippen LogP contribution < -0.4 is 5.73 Å². The Morgan fingerprint density at radius 1 is 1.40 bits per heavy atom. The van der Waals surface area contributed by atoms with E-state index in [1.165, 1.54) is 28.8 Å². The van der Waals surface area contributed by atoms with Crippen molar-refractivity contribution in [3.05, 3.63) is 44.8 Å². The number of halogens is 2. The molecule has 108 valence electrons. The van der Waals surface area contributed by atoms with Crippen molar-refractivity contribution in [2.45, 2.75) is 11.4 Å². The van der Waals surface area contributed by atoms with Crippen molar-refractivity contribution in [1.29, 1.82) is 0 Å². The van der Waals surface area contributed by atoms with Gasteiger partial charge in [-0.1, -0.05) is 0 Å². The minimum atomic E-state index is -3.74. The van der Waals surface area contributed by atoms with Crippen molar-refractivity contribution in [2.75, 3.05) is 12.8 Å². The number of nitrogens with two attached hydrogens (primary N) is 1. The van der Waals surface area contributed by atoms with Crippen LogP contribution in [0, 0.1) is 5.82 Å². The molecule has 20 heavy (non-hydrogen) atoms. The summed E-state index contributed by atoms with van der Waals surface area (Å²) in [7, 11) is -2.28. The number of anilines is 1. The number of nitrogens with zero attached hydrogens (tertiary/aromatic N) is 1. The maximum Gasteiger partial charge on any atom is 0.245 e. The highest BCUT2D eigenvalue weighted by molar-refractivity contribution is 9.11. The van der Waals surface area contributed by atoms with Gasteiger partial charge in [-0.15, -0.1) is 11.3 Å². The second-order valence-corrected chi connectivity index (χ2v) is 8.51. The Bertz CT molecular complexity index is 731. The second kappa shape index (κ2) is 5.80. The van der Waals surface area contributed by atoms with Gasteiger partial charge in [-0.25, -0.2) is 12.8 Å². The van der Waals surface area contributed by atoms with Gasteiger partial charge in [0.1, 0.15) is 10.7 Å². The fraction of sp³-hybridized carbons (Fsp3) is 0.167. The third kappa shape index (κ3) is 3.20. The van der Waals surface area contributed by atoms with E-state index >= 15 is 0 Å². The molecule has 0 spiro atoms. The van der Waals surface area contributed by atoms with Crippen LogP contribution in [0.5, 0.6) is 0 Å². The summed E-state index contributed by atoms with van der Waals surface area (Å²) < 4.78 is 39.9. The maximum absolute atomic E-state index is 13.0. The van der Waals surface area contributed by atoms with Crippen LogP contribution in [0.15, 0.2) is 38.3 Å². The molecule has 4 nitrogen and oxygen atoms in total. The van der Waals surface area contributed by atoms with Gasteiger partial charge in [0.2, 0.25) is 10.0 Å². The van der Waals surface area contributed by atoms with Crippen LogP contribution in [0.4, 0.5) is 10.1 Å². The SMILES string of the molecule is CN(Cc1csc(Br)c1)S(=O)(=O)c1ccc(F)cc1N. The van der Waals surface area contributed by atoms with E-state index < -0.39 is 15.8 Å². The smallest absolute Gasteiger partial charge is 0.245 e. The minimum absolute atomic E-state index is 0.0873. The summed E-state index contributed by atoms with van der Waals surface area (Å²) in [6.45, 7) is 0.223. The van der Waals surface area contributed by atoms with Crippen molar-refractivity contribution >= 4 is 43.0 Å². The molecule has 0 atom stereocenters. The Labute approximate surface area is 129 Å². The lowest BCUT2D eigenvalue weighted by Crippen LogP contribution is -2.27.